The Hall–Kier alpha value is -1.79. The molecule has 0 aromatic heterocycles. The Morgan fingerprint density at radius 2 is 2.14 bits per heavy atom. The first-order valence-corrected chi connectivity index (χ1v) is 7.02. The normalized spacial score (nSPS) is 21.0. The Kier molecular flexibility index (Phi) is 5.03. The highest BCUT2D eigenvalue weighted by Crippen LogP contribution is 2.24. The zero-order chi connectivity index (χ0) is 15.4. The van der Waals surface area contributed by atoms with Crippen molar-refractivity contribution in [1.82, 2.24) is 5.32 Å². The van der Waals surface area contributed by atoms with Crippen LogP contribution in [-0.2, 0) is 4.74 Å². The molecule has 114 valence electrons. The number of hydrogen-bond donors (Lipinski definition) is 3. The third kappa shape index (κ3) is 3.86. The molecule has 1 aromatic rings. The van der Waals surface area contributed by atoms with Gasteiger partial charge in [0.2, 0.25) is 0 Å². The maximum atomic E-state index is 12.0. The zero-order valence-electron chi connectivity index (χ0n) is 11.6. The fourth-order valence-electron chi connectivity index (χ4n) is 2.45. The van der Waals surface area contributed by atoms with E-state index in [9.17, 15) is 9.59 Å². The topological polar surface area (TPSA) is 87.7 Å². The first-order valence-electron chi connectivity index (χ1n) is 6.64. The average Bonchev–Trinajstić information content (AvgIpc) is 2.88. The molecule has 1 saturated carbocycles. The number of halogens is 1. The summed E-state index contributed by atoms with van der Waals surface area (Å²) >= 11 is 5.96. The van der Waals surface area contributed by atoms with Crippen molar-refractivity contribution < 1.29 is 19.4 Å². The molecule has 1 aromatic carbocycles. The summed E-state index contributed by atoms with van der Waals surface area (Å²) in [5, 5.41) is 14.6. The highest BCUT2D eigenvalue weighted by atomic mass is 35.5. The Morgan fingerprint density at radius 1 is 1.38 bits per heavy atom. The number of methoxy groups -OCH3 is 1. The van der Waals surface area contributed by atoms with Gasteiger partial charge in [0.25, 0.3) is 0 Å². The molecular weight excluding hydrogens is 296 g/mol. The van der Waals surface area contributed by atoms with E-state index in [0.717, 1.165) is 19.3 Å². The lowest BCUT2D eigenvalue weighted by atomic mass is 10.2. The van der Waals surface area contributed by atoms with Crippen molar-refractivity contribution in [2.45, 2.75) is 31.4 Å². The van der Waals surface area contributed by atoms with Crippen LogP contribution in [0.4, 0.5) is 10.5 Å². The third-order valence-corrected chi connectivity index (χ3v) is 3.86. The molecule has 6 nitrogen and oxygen atoms in total. The van der Waals surface area contributed by atoms with E-state index in [1.807, 2.05) is 0 Å². The highest BCUT2D eigenvalue weighted by Gasteiger charge is 2.28. The number of carboxylic acid groups (broad SMARTS) is 1. The van der Waals surface area contributed by atoms with Gasteiger partial charge in [-0.2, -0.15) is 0 Å². The van der Waals surface area contributed by atoms with Gasteiger partial charge in [-0.3, -0.25) is 0 Å². The lowest BCUT2D eigenvalue weighted by molar-refractivity contribution is 0.0697. The van der Waals surface area contributed by atoms with Gasteiger partial charge in [-0.1, -0.05) is 11.6 Å². The molecule has 3 N–H and O–H groups in total. The number of carbonyl (C=O) groups is 2. The fraction of sp³-hybridized carbons (Fsp3) is 0.429. The highest BCUT2D eigenvalue weighted by molar-refractivity contribution is 6.33. The minimum atomic E-state index is -1.08. The van der Waals surface area contributed by atoms with Crippen LogP contribution >= 0.6 is 11.6 Å². The molecule has 0 heterocycles. The number of nitrogens with one attached hydrogen (secondary N) is 2. The number of amides is 2. The third-order valence-electron chi connectivity index (χ3n) is 3.53. The molecule has 2 unspecified atom stereocenters. The first-order chi connectivity index (χ1) is 10.0. The monoisotopic (exact) mass is 312 g/mol. The van der Waals surface area contributed by atoms with Gasteiger partial charge in [-0.15, -0.1) is 0 Å². The molecule has 0 bridgehead atoms. The zero-order valence-corrected chi connectivity index (χ0v) is 12.3. The largest absolute Gasteiger partial charge is 0.478 e. The van der Waals surface area contributed by atoms with Crippen LogP contribution in [0.1, 0.15) is 29.6 Å². The minimum absolute atomic E-state index is 0.0107. The molecule has 2 atom stereocenters. The van der Waals surface area contributed by atoms with E-state index in [1.54, 1.807) is 7.11 Å². The maximum absolute atomic E-state index is 12.0. The fourth-order valence-corrected chi connectivity index (χ4v) is 2.62. The number of benzene rings is 1. The van der Waals surface area contributed by atoms with E-state index >= 15 is 0 Å². The smallest absolute Gasteiger partial charge is 0.335 e. The molecule has 7 heteroatoms. The molecular formula is C14H17ClN2O4. The summed E-state index contributed by atoms with van der Waals surface area (Å²) < 4.78 is 5.30. The SMILES string of the molecule is COC1CCCC1NC(=O)Nc1cc(C(=O)O)ccc1Cl. The molecule has 21 heavy (non-hydrogen) atoms. The van der Waals surface area contributed by atoms with Gasteiger partial charge in [0.05, 0.1) is 28.4 Å². The second-order valence-corrected chi connectivity index (χ2v) is 5.32. The van der Waals surface area contributed by atoms with Crippen molar-refractivity contribution in [3.05, 3.63) is 28.8 Å². The summed E-state index contributed by atoms with van der Waals surface area (Å²) in [6.07, 6.45) is 2.78. The average molecular weight is 313 g/mol. The van der Waals surface area contributed by atoms with Gasteiger partial charge < -0.3 is 20.5 Å². The van der Waals surface area contributed by atoms with Gasteiger partial charge >= 0.3 is 12.0 Å². The van der Waals surface area contributed by atoms with Gasteiger partial charge in [-0.25, -0.2) is 9.59 Å². The van der Waals surface area contributed by atoms with Crippen molar-refractivity contribution in [2.75, 3.05) is 12.4 Å². The van der Waals surface area contributed by atoms with Crippen molar-refractivity contribution in [3.63, 3.8) is 0 Å². The van der Waals surface area contributed by atoms with Gasteiger partial charge in [0.15, 0.2) is 0 Å². The molecule has 0 saturated heterocycles. The summed E-state index contributed by atoms with van der Waals surface area (Å²) in [6.45, 7) is 0. The Morgan fingerprint density at radius 3 is 2.81 bits per heavy atom. The van der Waals surface area contributed by atoms with E-state index in [-0.39, 0.29) is 28.4 Å². The van der Waals surface area contributed by atoms with E-state index in [0.29, 0.717) is 0 Å². The van der Waals surface area contributed by atoms with Crippen LogP contribution < -0.4 is 10.6 Å². The van der Waals surface area contributed by atoms with Crippen LogP contribution in [0.5, 0.6) is 0 Å². The molecule has 2 amide bonds. The van der Waals surface area contributed by atoms with Crippen LogP contribution in [0.2, 0.25) is 5.02 Å². The van der Waals surface area contributed by atoms with Crippen LogP contribution in [0.25, 0.3) is 0 Å². The van der Waals surface area contributed by atoms with Crippen molar-refractivity contribution in [2.24, 2.45) is 0 Å². The van der Waals surface area contributed by atoms with E-state index in [1.165, 1.54) is 18.2 Å². The summed E-state index contributed by atoms with van der Waals surface area (Å²) in [5.74, 6) is -1.08. The van der Waals surface area contributed by atoms with E-state index < -0.39 is 12.0 Å². The summed E-state index contributed by atoms with van der Waals surface area (Å²) in [7, 11) is 1.62. The van der Waals surface area contributed by atoms with Crippen LogP contribution in [-0.4, -0.2) is 36.4 Å². The second kappa shape index (κ2) is 6.78. The lowest BCUT2D eigenvalue weighted by Crippen LogP contribution is -2.42. The molecule has 1 aliphatic carbocycles. The van der Waals surface area contributed by atoms with Crippen molar-refractivity contribution in [3.8, 4) is 0 Å². The van der Waals surface area contributed by atoms with Gasteiger partial charge in [-0.05, 0) is 37.5 Å². The number of carboxylic acids is 1. The van der Waals surface area contributed by atoms with E-state index in [2.05, 4.69) is 10.6 Å². The number of carbonyl (C=O) groups excluding carboxylic acids is 1. The van der Waals surface area contributed by atoms with Crippen molar-refractivity contribution in [1.29, 1.82) is 0 Å². The molecule has 0 radical (unpaired) electrons. The lowest BCUT2D eigenvalue weighted by Gasteiger charge is -2.20. The van der Waals surface area contributed by atoms with Gasteiger partial charge in [0.1, 0.15) is 0 Å². The number of anilines is 1. The van der Waals surface area contributed by atoms with Crippen molar-refractivity contribution >= 4 is 29.3 Å². The predicted molar refractivity (Wildman–Crippen MR) is 79.0 cm³/mol. The van der Waals surface area contributed by atoms with Crippen LogP contribution in [0, 0.1) is 0 Å². The van der Waals surface area contributed by atoms with Crippen LogP contribution in [0.3, 0.4) is 0 Å². The summed E-state index contributed by atoms with van der Waals surface area (Å²) in [4.78, 5) is 22.9. The standard InChI is InChI=1S/C14H17ClN2O4/c1-21-12-4-2-3-10(12)16-14(20)17-11-7-8(13(18)19)5-6-9(11)15/h5-7,10,12H,2-4H2,1H3,(H,18,19)(H2,16,17,20). The Balaban J connectivity index is 2.02. The number of aromatic carboxylic acids is 1. The Labute approximate surface area is 127 Å². The molecule has 0 aliphatic heterocycles. The van der Waals surface area contributed by atoms with Crippen LogP contribution in [0.15, 0.2) is 18.2 Å². The minimum Gasteiger partial charge on any atom is -0.478 e. The van der Waals surface area contributed by atoms with Gasteiger partial charge in [0, 0.05) is 7.11 Å². The number of ether oxygens (including phenoxy) is 1. The number of rotatable bonds is 4. The second-order valence-electron chi connectivity index (χ2n) is 4.91. The first kappa shape index (κ1) is 15.6. The Bertz CT molecular complexity index is 550. The quantitative estimate of drug-likeness (QED) is 0.797. The maximum Gasteiger partial charge on any atom is 0.335 e. The molecule has 2 rings (SSSR count). The van der Waals surface area contributed by atoms with E-state index in [4.69, 9.17) is 21.4 Å². The molecule has 1 fully saturated rings. The summed E-state index contributed by atoms with van der Waals surface area (Å²) in [5.41, 5.74) is 0.325. The molecule has 0 spiro atoms. The summed E-state index contributed by atoms with van der Waals surface area (Å²) in [6, 6.07) is 3.68. The predicted octanol–water partition coefficient (Wildman–Crippen LogP) is 2.73. The number of urea groups is 1. The number of hydrogen-bond acceptors (Lipinski definition) is 3. The molecule has 1 aliphatic rings.